The predicted molar refractivity (Wildman–Crippen MR) is 224 cm³/mol. The number of carbonyl (C=O) groups is 3. The fourth-order valence-electron chi connectivity index (χ4n) is 13.6. The molecule has 12 nitrogen and oxygen atoms in total. The zero-order valence-electron chi connectivity index (χ0n) is 36.4. The zero-order chi connectivity index (χ0) is 43.6. The van der Waals surface area contributed by atoms with E-state index in [-0.39, 0.29) is 31.3 Å². The van der Waals surface area contributed by atoms with Crippen LogP contribution in [0.2, 0.25) is 0 Å². The summed E-state index contributed by atoms with van der Waals surface area (Å²) >= 11 is 0. The Morgan fingerprint density at radius 2 is 1.77 bits per heavy atom. The summed E-state index contributed by atoms with van der Waals surface area (Å²) in [6, 6.07) is 8.77. The third-order valence-electron chi connectivity index (χ3n) is 15.8. The molecular formula is C47H58F2N4O8. The molecule has 0 radical (unpaired) electrons. The highest BCUT2D eigenvalue weighted by Gasteiger charge is 2.80. The Hall–Kier alpha value is -4.53. The van der Waals surface area contributed by atoms with Crippen molar-refractivity contribution in [2.75, 3.05) is 59.5 Å². The SMILES string of the molecule is CCc1ccc2[nH]c3c(c2c1)CN1CC(C(C)(F)F)C[C@@H](C1)C[C@]3(C(=O)OC)c1cc2c(cc1OC)N(C)[C@H]1[C@@](O)(C(=O)OC)[C@H](OC(C)=O)[C@]3(CC)C=CCN4CC[C@]21[C@@H]43. The maximum Gasteiger partial charge on any atom is 0.344 e. The molecule has 3 aromatic rings. The minimum atomic E-state index is -2.94. The average Bonchev–Trinajstić information content (AvgIpc) is 3.89. The number of fused-ring (bicyclic) bond motifs is 6. The van der Waals surface area contributed by atoms with Gasteiger partial charge in [0.25, 0.3) is 0 Å². The van der Waals surface area contributed by atoms with Crippen molar-refractivity contribution in [3.63, 3.8) is 0 Å². The number of hydrogen-bond donors (Lipinski definition) is 2. The van der Waals surface area contributed by atoms with Gasteiger partial charge in [0.15, 0.2) is 6.10 Å². The maximum absolute atomic E-state index is 15.4. The first-order chi connectivity index (χ1) is 29.0. The van der Waals surface area contributed by atoms with Crippen molar-refractivity contribution in [3.05, 3.63) is 70.4 Å². The molecule has 5 aliphatic heterocycles. The van der Waals surface area contributed by atoms with Crippen molar-refractivity contribution in [1.29, 1.82) is 0 Å². The van der Waals surface area contributed by atoms with E-state index >= 15 is 13.6 Å². The Labute approximate surface area is 355 Å². The van der Waals surface area contributed by atoms with Crippen molar-refractivity contribution in [2.45, 2.75) is 107 Å². The van der Waals surface area contributed by atoms with E-state index < -0.39 is 63.7 Å². The molecule has 2 N–H and O–H groups in total. The second-order valence-corrected chi connectivity index (χ2v) is 18.7. The maximum atomic E-state index is 15.4. The quantitative estimate of drug-likeness (QED) is 0.166. The molecule has 10 atom stereocenters. The second-order valence-electron chi connectivity index (χ2n) is 18.7. The summed E-state index contributed by atoms with van der Waals surface area (Å²) in [6.45, 7) is 8.65. The number of nitrogens with one attached hydrogen (secondary N) is 1. The van der Waals surface area contributed by atoms with Crippen LogP contribution in [0.15, 0.2) is 42.5 Å². The largest absolute Gasteiger partial charge is 0.496 e. The number of ether oxygens (including phenoxy) is 4. The molecule has 1 spiro atoms. The number of likely N-dealkylation sites (N-methyl/N-ethyl adjacent to an activating group) is 1. The zero-order valence-corrected chi connectivity index (χ0v) is 36.4. The van der Waals surface area contributed by atoms with E-state index in [1.54, 1.807) is 7.11 Å². The normalized spacial score (nSPS) is 35.0. The minimum absolute atomic E-state index is 0.155. The fourth-order valence-corrected chi connectivity index (χ4v) is 13.6. The molecule has 3 fully saturated rings. The summed E-state index contributed by atoms with van der Waals surface area (Å²) < 4.78 is 54.6. The number of benzene rings is 2. The van der Waals surface area contributed by atoms with Crippen LogP contribution in [-0.4, -0.2) is 122 Å². The van der Waals surface area contributed by atoms with Gasteiger partial charge in [-0.1, -0.05) is 32.1 Å². The standard InChI is InChI=1S/C47H58F2N4O8/c1-9-27-12-13-34-30(19-27)31-25-52-23-28(18-29(24-52)43(4,48)49)22-46(37(31)50-34,41(55)59-7)33-20-32-35(21-36(33)58-6)51(5)39-45(32)15-17-53-16-11-14-44(10-2,38(45)53)40(61-26(3)54)47(39,57)42(56)60-8/h11-14,19-21,28-29,38-40,50,57H,9-10,15-18,22-25H2,1-8H3/t28-,29?,38+,39-,40-,44-,45-,46+,47+/m1/s1. The number of nitrogens with zero attached hydrogens (tertiary/aromatic N) is 3. The van der Waals surface area contributed by atoms with Gasteiger partial charge in [0.05, 0.1) is 27.4 Å². The number of carbonyl (C=O) groups excluding carboxylic acids is 3. The van der Waals surface area contributed by atoms with Gasteiger partial charge in [0, 0.05) is 96.9 Å². The van der Waals surface area contributed by atoms with Gasteiger partial charge in [0.1, 0.15) is 11.2 Å². The lowest BCUT2D eigenvalue weighted by atomic mass is 9.47. The predicted octanol–water partition coefficient (Wildman–Crippen LogP) is 5.64. The third-order valence-corrected chi connectivity index (χ3v) is 15.8. The Kier molecular flexibility index (Phi) is 9.77. The highest BCUT2D eigenvalue weighted by molar-refractivity contribution is 5.95. The molecule has 1 saturated carbocycles. The van der Waals surface area contributed by atoms with Gasteiger partial charge in [-0.25, -0.2) is 13.6 Å². The van der Waals surface area contributed by atoms with E-state index in [1.807, 2.05) is 49.2 Å². The molecule has 0 amide bonds. The average molecular weight is 845 g/mol. The van der Waals surface area contributed by atoms with E-state index in [0.717, 1.165) is 40.9 Å². The number of aromatic amines is 1. The Morgan fingerprint density at radius 1 is 1.02 bits per heavy atom. The smallest absolute Gasteiger partial charge is 0.344 e. The van der Waals surface area contributed by atoms with Gasteiger partial charge >= 0.3 is 17.9 Å². The highest BCUT2D eigenvalue weighted by Crippen LogP contribution is 2.68. The highest BCUT2D eigenvalue weighted by atomic mass is 19.3. The van der Waals surface area contributed by atoms with Crippen LogP contribution in [0.25, 0.3) is 10.9 Å². The Balaban J connectivity index is 1.36. The van der Waals surface area contributed by atoms with Crippen LogP contribution in [-0.2, 0) is 52.4 Å². The number of esters is 3. The molecule has 1 aliphatic carbocycles. The van der Waals surface area contributed by atoms with Crippen molar-refractivity contribution in [1.82, 2.24) is 14.8 Å². The summed E-state index contributed by atoms with van der Waals surface area (Å²) in [7, 11) is 5.96. The molecule has 2 saturated heterocycles. The van der Waals surface area contributed by atoms with Crippen molar-refractivity contribution < 1.29 is 47.2 Å². The van der Waals surface area contributed by atoms with Gasteiger partial charge < -0.3 is 33.9 Å². The van der Waals surface area contributed by atoms with E-state index in [9.17, 15) is 14.7 Å². The fraction of sp³-hybridized carbons (Fsp3) is 0.596. The van der Waals surface area contributed by atoms with Crippen molar-refractivity contribution in [3.8, 4) is 5.75 Å². The molecule has 1 aromatic heterocycles. The van der Waals surface area contributed by atoms with E-state index in [2.05, 4.69) is 33.8 Å². The first-order valence-corrected chi connectivity index (χ1v) is 21.7. The molecule has 6 aliphatic rings. The number of halogens is 2. The van der Waals surface area contributed by atoms with E-state index in [1.165, 1.54) is 21.1 Å². The summed E-state index contributed by atoms with van der Waals surface area (Å²) in [6.07, 6.45) is 4.83. The van der Waals surface area contributed by atoms with Gasteiger partial charge in [-0.05, 0) is 86.4 Å². The summed E-state index contributed by atoms with van der Waals surface area (Å²) in [4.78, 5) is 52.8. The van der Waals surface area contributed by atoms with Crippen LogP contribution in [0, 0.1) is 17.3 Å². The lowest BCUT2D eigenvalue weighted by Gasteiger charge is -2.63. The topological polar surface area (TPSA) is 134 Å². The summed E-state index contributed by atoms with van der Waals surface area (Å²) in [5.74, 6) is -5.92. The molecule has 9 rings (SSSR count). The van der Waals surface area contributed by atoms with Gasteiger partial charge in [0.2, 0.25) is 11.5 Å². The van der Waals surface area contributed by atoms with Gasteiger partial charge in [-0.3, -0.25) is 19.4 Å². The van der Waals surface area contributed by atoms with E-state index in [0.29, 0.717) is 61.7 Å². The summed E-state index contributed by atoms with van der Waals surface area (Å²) in [5, 5.41) is 14.2. The third kappa shape index (κ3) is 5.52. The lowest BCUT2D eigenvalue weighted by Crippen LogP contribution is -2.81. The number of piperidine rings is 1. The van der Waals surface area contributed by atoms with Gasteiger partial charge in [-0.2, -0.15) is 0 Å². The lowest BCUT2D eigenvalue weighted by molar-refractivity contribution is -0.228. The number of aromatic nitrogens is 1. The number of aliphatic hydroxyl groups is 1. The Morgan fingerprint density at radius 3 is 2.43 bits per heavy atom. The van der Waals surface area contributed by atoms with Crippen molar-refractivity contribution in [2.24, 2.45) is 17.3 Å². The van der Waals surface area contributed by atoms with Crippen LogP contribution in [0.4, 0.5) is 14.5 Å². The number of H-pyrrole nitrogens is 1. The number of hydrogen-bond acceptors (Lipinski definition) is 11. The summed E-state index contributed by atoms with van der Waals surface area (Å²) in [5.41, 5.74) is -0.499. The van der Waals surface area contributed by atoms with E-state index in [4.69, 9.17) is 18.9 Å². The molecule has 2 bridgehead atoms. The molecule has 2 aromatic carbocycles. The molecule has 14 heteroatoms. The van der Waals surface area contributed by atoms with Crippen LogP contribution in [0.1, 0.15) is 81.3 Å². The second kappa shape index (κ2) is 14.2. The van der Waals surface area contributed by atoms with Crippen LogP contribution in [0.5, 0.6) is 5.75 Å². The van der Waals surface area contributed by atoms with Crippen LogP contribution >= 0.6 is 0 Å². The minimum Gasteiger partial charge on any atom is -0.496 e. The molecule has 2 unspecified atom stereocenters. The van der Waals surface area contributed by atoms with Gasteiger partial charge in [-0.15, -0.1) is 0 Å². The number of aryl methyl sites for hydroxylation is 1. The van der Waals surface area contributed by atoms with Crippen LogP contribution in [0.3, 0.4) is 0 Å². The first-order valence-electron chi connectivity index (χ1n) is 21.7. The Bertz CT molecular complexity index is 2340. The first kappa shape index (κ1) is 41.8. The number of methoxy groups -OCH3 is 3. The molecule has 61 heavy (non-hydrogen) atoms. The van der Waals surface area contributed by atoms with Crippen molar-refractivity contribution >= 4 is 34.5 Å². The van der Waals surface area contributed by atoms with Crippen LogP contribution < -0.4 is 9.64 Å². The molecule has 6 heterocycles. The molecule has 328 valence electrons. The molecular weight excluding hydrogens is 787 g/mol. The number of rotatable bonds is 8. The number of anilines is 1. The monoisotopic (exact) mass is 844 g/mol. The number of alkyl halides is 2.